The third kappa shape index (κ3) is 4.52. The average molecular weight is 422 g/mol. The molecule has 136 valence electrons. The molecule has 0 spiro atoms. The maximum atomic E-state index is 13.3. The fourth-order valence-corrected chi connectivity index (χ4v) is 3.23. The number of hydrogen-bond donors (Lipinski definition) is 0. The summed E-state index contributed by atoms with van der Waals surface area (Å²) < 4.78 is 6.01. The number of Topliss-reactive ketones (excluding diaryl/α,β-unsaturated/α-hetero) is 1. The molecule has 3 nitrogen and oxygen atoms in total. The Morgan fingerprint density at radius 1 is 0.889 bits per heavy atom. The number of carbonyl (C=O) groups is 1. The number of benzene rings is 3. The van der Waals surface area contributed by atoms with Gasteiger partial charge in [0, 0.05) is 15.6 Å². The summed E-state index contributed by atoms with van der Waals surface area (Å²) in [5.41, 5.74) is 4.62. The van der Waals surface area contributed by atoms with Crippen LogP contribution in [0.3, 0.4) is 0 Å². The molecule has 0 saturated heterocycles. The van der Waals surface area contributed by atoms with Gasteiger partial charge in [0.15, 0.2) is 0 Å². The second-order valence-corrected chi connectivity index (χ2v) is 7.20. The van der Waals surface area contributed by atoms with Crippen molar-refractivity contribution in [2.75, 3.05) is 7.11 Å². The van der Waals surface area contributed by atoms with Crippen molar-refractivity contribution in [1.82, 2.24) is 0 Å². The van der Waals surface area contributed by atoms with Crippen LogP contribution < -0.4 is 4.74 Å². The molecular formula is C23H20BrNO2. The number of carbonyl (C=O) groups excluding carboxylic acids is 1. The van der Waals surface area contributed by atoms with Crippen LogP contribution in [0.5, 0.6) is 5.75 Å². The van der Waals surface area contributed by atoms with Gasteiger partial charge in [-0.05, 0) is 60.1 Å². The highest BCUT2D eigenvalue weighted by Gasteiger charge is 2.17. The Labute approximate surface area is 167 Å². The van der Waals surface area contributed by atoms with E-state index in [-0.39, 0.29) is 5.78 Å². The zero-order valence-corrected chi connectivity index (χ0v) is 17.1. The van der Waals surface area contributed by atoms with Gasteiger partial charge in [-0.2, -0.15) is 0 Å². The number of nitrogens with zero attached hydrogens (tertiary/aromatic N) is 1. The maximum absolute atomic E-state index is 13.3. The highest BCUT2D eigenvalue weighted by atomic mass is 79.9. The van der Waals surface area contributed by atoms with Crippen molar-refractivity contribution in [2.45, 2.75) is 13.8 Å². The minimum atomic E-state index is -0.105. The molecule has 0 aliphatic carbocycles. The summed E-state index contributed by atoms with van der Waals surface area (Å²) in [5.74, 6) is 0.620. The summed E-state index contributed by atoms with van der Waals surface area (Å²) in [6.07, 6.45) is 0. The van der Waals surface area contributed by atoms with Crippen molar-refractivity contribution in [3.63, 3.8) is 0 Å². The number of ketones is 1. The van der Waals surface area contributed by atoms with Crippen LogP contribution in [0.1, 0.15) is 27.0 Å². The molecule has 0 atom stereocenters. The van der Waals surface area contributed by atoms with Gasteiger partial charge in [-0.1, -0.05) is 47.5 Å². The summed E-state index contributed by atoms with van der Waals surface area (Å²) in [4.78, 5) is 18.0. The van der Waals surface area contributed by atoms with Crippen LogP contribution in [-0.4, -0.2) is 18.6 Å². The third-order valence-corrected chi connectivity index (χ3v) is 4.81. The van der Waals surface area contributed by atoms with Crippen LogP contribution in [0.15, 0.2) is 76.2 Å². The Morgan fingerprint density at radius 3 is 2.11 bits per heavy atom. The first-order chi connectivity index (χ1) is 13.0. The van der Waals surface area contributed by atoms with E-state index in [0.29, 0.717) is 17.0 Å². The maximum Gasteiger partial charge on any atom is 0.211 e. The molecule has 27 heavy (non-hydrogen) atoms. The number of methoxy groups -OCH3 is 1. The minimum absolute atomic E-state index is 0.105. The van der Waals surface area contributed by atoms with Crippen molar-refractivity contribution in [1.29, 1.82) is 0 Å². The summed E-state index contributed by atoms with van der Waals surface area (Å²) >= 11 is 3.52. The second kappa shape index (κ2) is 8.31. The Balaban J connectivity index is 2.14. The van der Waals surface area contributed by atoms with Gasteiger partial charge < -0.3 is 4.74 Å². The molecule has 3 aromatic rings. The summed E-state index contributed by atoms with van der Waals surface area (Å²) in [6, 6.07) is 20.9. The summed E-state index contributed by atoms with van der Waals surface area (Å²) in [6.45, 7) is 3.97. The van der Waals surface area contributed by atoms with Gasteiger partial charge in [0.25, 0.3) is 0 Å². The zero-order chi connectivity index (χ0) is 19.4. The average Bonchev–Trinajstić information content (AvgIpc) is 2.66. The minimum Gasteiger partial charge on any atom is -0.497 e. The van der Waals surface area contributed by atoms with Crippen molar-refractivity contribution >= 4 is 33.1 Å². The molecular weight excluding hydrogens is 402 g/mol. The van der Waals surface area contributed by atoms with Gasteiger partial charge in [0.1, 0.15) is 11.5 Å². The molecule has 0 heterocycles. The van der Waals surface area contributed by atoms with Gasteiger partial charge in [-0.15, -0.1) is 0 Å². The number of hydrogen-bond acceptors (Lipinski definition) is 3. The molecule has 3 rings (SSSR count). The van der Waals surface area contributed by atoms with Crippen LogP contribution in [0, 0.1) is 13.8 Å². The standard InChI is InChI=1S/C23H20BrNO2/c1-15-6-4-8-17(12-15)22(23(26)18-9-5-7-16(2)13-18)25-21-11-10-19(27-3)14-20(21)24/h4-14H,1-3H3. The van der Waals surface area contributed by atoms with Crippen molar-refractivity contribution < 1.29 is 9.53 Å². The van der Waals surface area contributed by atoms with E-state index in [4.69, 9.17) is 9.73 Å². The largest absolute Gasteiger partial charge is 0.497 e. The third-order valence-electron chi connectivity index (χ3n) is 4.17. The number of ether oxygens (including phenoxy) is 1. The molecule has 0 unspecified atom stereocenters. The fraction of sp³-hybridized carbons (Fsp3) is 0.130. The lowest BCUT2D eigenvalue weighted by Crippen LogP contribution is -2.16. The van der Waals surface area contributed by atoms with E-state index >= 15 is 0 Å². The first-order valence-electron chi connectivity index (χ1n) is 8.58. The number of aryl methyl sites for hydroxylation is 2. The van der Waals surface area contributed by atoms with E-state index in [9.17, 15) is 4.79 Å². The highest BCUT2D eigenvalue weighted by Crippen LogP contribution is 2.30. The zero-order valence-electron chi connectivity index (χ0n) is 15.5. The van der Waals surface area contributed by atoms with E-state index in [1.807, 2.05) is 80.6 Å². The summed E-state index contributed by atoms with van der Waals surface area (Å²) in [5, 5.41) is 0. The lowest BCUT2D eigenvalue weighted by atomic mass is 9.98. The van der Waals surface area contributed by atoms with Crippen molar-refractivity contribution in [3.8, 4) is 5.75 Å². The van der Waals surface area contributed by atoms with Crippen LogP contribution >= 0.6 is 15.9 Å². The lowest BCUT2D eigenvalue weighted by Gasteiger charge is -2.10. The van der Waals surface area contributed by atoms with E-state index in [1.165, 1.54) is 0 Å². The predicted molar refractivity (Wildman–Crippen MR) is 114 cm³/mol. The Morgan fingerprint density at radius 2 is 1.52 bits per heavy atom. The normalized spacial score (nSPS) is 11.3. The Kier molecular flexibility index (Phi) is 5.87. The molecule has 3 aromatic carbocycles. The molecule has 0 amide bonds. The van der Waals surface area contributed by atoms with Crippen LogP contribution in [-0.2, 0) is 0 Å². The van der Waals surface area contributed by atoms with Gasteiger partial charge in [-0.25, -0.2) is 4.99 Å². The Bertz CT molecular complexity index is 1020. The van der Waals surface area contributed by atoms with Gasteiger partial charge in [0.05, 0.1) is 12.8 Å². The quantitative estimate of drug-likeness (QED) is 0.369. The molecule has 0 aromatic heterocycles. The van der Waals surface area contributed by atoms with E-state index < -0.39 is 0 Å². The molecule has 0 aliphatic heterocycles. The predicted octanol–water partition coefficient (Wildman–Crippen LogP) is 6.08. The first kappa shape index (κ1) is 19.1. The highest BCUT2D eigenvalue weighted by molar-refractivity contribution is 9.10. The molecule has 0 aliphatic rings. The van der Waals surface area contributed by atoms with Crippen LogP contribution in [0.25, 0.3) is 0 Å². The summed E-state index contributed by atoms with van der Waals surface area (Å²) in [7, 11) is 1.62. The van der Waals surface area contributed by atoms with Gasteiger partial charge >= 0.3 is 0 Å². The SMILES string of the molecule is COc1ccc(N=C(C(=O)c2cccc(C)c2)c2cccc(C)c2)c(Br)c1. The Hall–Kier alpha value is -2.72. The first-order valence-corrected chi connectivity index (χ1v) is 9.38. The smallest absolute Gasteiger partial charge is 0.211 e. The molecule has 0 N–H and O–H groups in total. The lowest BCUT2D eigenvalue weighted by molar-refractivity contribution is 0.106. The van der Waals surface area contributed by atoms with Crippen molar-refractivity contribution in [3.05, 3.63) is 93.5 Å². The topological polar surface area (TPSA) is 38.7 Å². The second-order valence-electron chi connectivity index (χ2n) is 6.35. The molecule has 0 bridgehead atoms. The van der Waals surface area contributed by atoms with E-state index in [0.717, 1.165) is 26.9 Å². The molecule has 0 saturated carbocycles. The van der Waals surface area contributed by atoms with Gasteiger partial charge in [0.2, 0.25) is 5.78 Å². The van der Waals surface area contributed by atoms with Gasteiger partial charge in [-0.3, -0.25) is 4.79 Å². The molecule has 0 radical (unpaired) electrons. The number of aliphatic imine (C=N–C) groups is 1. The van der Waals surface area contributed by atoms with Crippen LogP contribution in [0.4, 0.5) is 5.69 Å². The fourth-order valence-electron chi connectivity index (χ4n) is 2.79. The van der Waals surface area contributed by atoms with Crippen LogP contribution in [0.2, 0.25) is 0 Å². The monoisotopic (exact) mass is 421 g/mol. The molecule has 4 heteroatoms. The molecule has 0 fully saturated rings. The number of rotatable bonds is 5. The van der Waals surface area contributed by atoms with E-state index in [2.05, 4.69) is 15.9 Å². The number of halogens is 1. The van der Waals surface area contributed by atoms with Crippen molar-refractivity contribution in [2.24, 2.45) is 4.99 Å². The van der Waals surface area contributed by atoms with E-state index in [1.54, 1.807) is 7.11 Å².